The molecule has 0 spiro atoms. The molecule has 1 saturated heterocycles. The number of aromatic nitrogens is 1. The molecule has 2 aromatic carbocycles. The van der Waals surface area contributed by atoms with Crippen LogP contribution in [0.15, 0.2) is 48.7 Å². The van der Waals surface area contributed by atoms with Crippen LogP contribution in [0.25, 0.3) is 11.1 Å². The Balaban J connectivity index is 1.84. The lowest BCUT2D eigenvalue weighted by Gasteiger charge is -2.33. The molecule has 0 aliphatic carbocycles. The lowest BCUT2D eigenvalue weighted by Crippen LogP contribution is -2.42. The number of hydrogen-bond donors (Lipinski definition) is 1. The summed E-state index contributed by atoms with van der Waals surface area (Å²) in [5, 5.41) is 0. The average Bonchev–Trinajstić information content (AvgIpc) is 3.31. The van der Waals surface area contributed by atoms with E-state index in [2.05, 4.69) is 29.4 Å². The maximum atomic E-state index is 14.0. The Hall–Kier alpha value is -3.28. The molecule has 1 aliphatic heterocycles. The highest BCUT2D eigenvalue weighted by atomic mass is 32.1. The first-order valence-corrected chi connectivity index (χ1v) is 14.2. The smallest absolute Gasteiger partial charge is 0.353 e. The minimum absolute atomic E-state index is 0.0309. The van der Waals surface area contributed by atoms with Gasteiger partial charge in [0.2, 0.25) is 5.91 Å². The molecule has 3 aromatic rings. The van der Waals surface area contributed by atoms with E-state index in [0.29, 0.717) is 46.3 Å². The third-order valence-electron chi connectivity index (χ3n) is 8.22. The van der Waals surface area contributed by atoms with E-state index in [-0.39, 0.29) is 17.8 Å². The van der Waals surface area contributed by atoms with Gasteiger partial charge in [-0.1, -0.05) is 13.0 Å². The summed E-state index contributed by atoms with van der Waals surface area (Å²) in [5.41, 5.74) is -3.36. The zero-order valence-electron chi connectivity index (χ0n) is 24.2. The second kappa shape index (κ2) is 11.7. The molecule has 0 radical (unpaired) electrons. The summed E-state index contributed by atoms with van der Waals surface area (Å²) in [7, 11) is 1.38. The number of aryl methyl sites for hydroxylation is 1. The Kier molecular flexibility index (Phi) is 8.85. The zero-order chi connectivity index (χ0) is 32.1. The van der Waals surface area contributed by atoms with Gasteiger partial charge in [0.15, 0.2) is 0 Å². The van der Waals surface area contributed by atoms with Gasteiger partial charge in [-0.25, -0.2) is 9.37 Å². The van der Waals surface area contributed by atoms with Gasteiger partial charge in [-0.05, 0) is 86.2 Å². The van der Waals surface area contributed by atoms with Gasteiger partial charge in [0.25, 0.3) is 0 Å². The number of anilines is 2. The van der Waals surface area contributed by atoms with E-state index in [1.165, 1.54) is 44.1 Å². The lowest BCUT2D eigenvalue weighted by atomic mass is 9.81. The average molecular weight is 628 g/mol. The van der Waals surface area contributed by atoms with Crippen LogP contribution in [0.4, 0.5) is 42.2 Å². The van der Waals surface area contributed by atoms with E-state index < -0.39 is 46.2 Å². The predicted molar refractivity (Wildman–Crippen MR) is 156 cm³/mol. The number of carbonyl (C=O) groups is 1. The van der Waals surface area contributed by atoms with Crippen LogP contribution < -0.4 is 9.80 Å². The van der Waals surface area contributed by atoms with Crippen molar-refractivity contribution in [2.24, 2.45) is 5.92 Å². The Morgan fingerprint density at radius 2 is 1.56 bits per heavy atom. The first kappa shape index (κ1) is 32.6. The number of halogens is 7. The number of amides is 1. The van der Waals surface area contributed by atoms with Gasteiger partial charge in [-0.3, -0.25) is 4.79 Å². The van der Waals surface area contributed by atoms with Crippen molar-refractivity contribution in [3.05, 3.63) is 76.7 Å². The minimum Gasteiger partial charge on any atom is -0.353 e. The van der Waals surface area contributed by atoms with Gasteiger partial charge >= 0.3 is 12.4 Å². The highest BCUT2D eigenvalue weighted by molar-refractivity contribution is 7.80. The van der Waals surface area contributed by atoms with Crippen LogP contribution in [0.2, 0.25) is 0 Å². The third-order valence-corrected chi connectivity index (χ3v) is 8.60. The first-order chi connectivity index (χ1) is 19.9. The van der Waals surface area contributed by atoms with E-state index in [0.717, 1.165) is 13.0 Å². The Labute approximate surface area is 251 Å². The summed E-state index contributed by atoms with van der Waals surface area (Å²) in [5.74, 6) is 0.321. The van der Waals surface area contributed by atoms with Crippen molar-refractivity contribution in [3.63, 3.8) is 0 Å². The molecule has 4 rings (SSSR count). The van der Waals surface area contributed by atoms with E-state index in [1.54, 1.807) is 19.1 Å². The van der Waals surface area contributed by atoms with Gasteiger partial charge in [-0.2, -0.15) is 39.0 Å². The number of carbonyl (C=O) groups excluding carboxylic acids is 1. The van der Waals surface area contributed by atoms with Crippen molar-refractivity contribution in [2.45, 2.75) is 57.9 Å². The fraction of sp³-hybridized carbons (Fsp3) is 0.419. The maximum absolute atomic E-state index is 14.0. The number of alkyl halides is 6. The number of rotatable bonds is 6. The minimum atomic E-state index is -5.06. The number of hydrogen-bond acceptors (Lipinski definition) is 4. The van der Waals surface area contributed by atoms with Crippen molar-refractivity contribution in [1.82, 2.24) is 4.98 Å². The van der Waals surface area contributed by atoms with Crippen molar-refractivity contribution in [2.75, 3.05) is 29.1 Å². The number of pyridine rings is 1. The molecular formula is C31H32F7N3OS. The van der Waals surface area contributed by atoms with Gasteiger partial charge in [0, 0.05) is 31.0 Å². The Morgan fingerprint density at radius 3 is 2.09 bits per heavy atom. The lowest BCUT2D eigenvalue weighted by molar-refractivity contribution is -0.143. The molecule has 12 heteroatoms. The number of nitrogens with zero attached hydrogens (tertiary/aromatic N) is 3. The van der Waals surface area contributed by atoms with Crippen LogP contribution in [0, 0.1) is 18.7 Å². The first-order valence-electron chi connectivity index (χ1n) is 13.6. The second-order valence-corrected chi connectivity index (χ2v) is 11.9. The molecule has 1 aromatic heterocycles. The maximum Gasteiger partial charge on any atom is 0.416 e. The van der Waals surface area contributed by atoms with Gasteiger partial charge in [-0.15, -0.1) is 0 Å². The normalized spacial score (nSPS) is 17.8. The number of thiol groups is 1. The standard InChI is InChI=1S/C31H32F7N3OS/c1-17-8-9-41(26(17)16-43)27-14-24(23-7-6-22(32)10-18(23)2)25(15-39-27)40(5)28(42)29(3,4)19-11-20(30(33,34)35)13-21(12-19)31(36,37)38/h6-7,10-15,17,26,43H,8-9,16H2,1-5H3. The molecule has 1 aliphatic rings. The van der Waals surface area contributed by atoms with Crippen molar-refractivity contribution in [1.29, 1.82) is 0 Å². The molecule has 1 fully saturated rings. The Morgan fingerprint density at radius 1 is 0.977 bits per heavy atom. The zero-order valence-corrected chi connectivity index (χ0v) is 25.1. The predicted octanol–water partition coefficient (Wildman–Crippen LogP) is 8.32. The van der Waals surface area contributed by atoms with Gasteiger partial charge < -0.3 is 9.80 Å². The molecule has 43 heavy (non-hydrogen) atoms. The van der Waals surface area contributed by atoms with Crippen LogP contribution in [0.3, 0.4) is 0 Å². The monoisotopic (exact) mass is 627 g/mol. The molecule has 0 saturated carbocycles. The van der Waals surface area contributed by atoms with Crippen LogP contribution in [0.1, 0.15) is 49.4 Å². The topological polar surface area (TPSA) is 36.4 Å². The molecule has 0 bridgehead atoms. The SMILES string of the molecule is Cc1cc(F)ccc1-c1cc(N2CCC(C)C2CS)ncc1N(C)C(=O)C(C)(C)c1cc(C(F)(F)F)cc(C(F)(F)F)c1. The van der Waals surface area contributed by atoms with Gasteiger partial charge in [0.05, 0.1) is 28.4 Å². The van der Waals surface area contributed by atoms with E-state index >= 15 is 0 Å². The highest BCUT2D eigenvalue weighted by Gasteiger charge is 2.41. The Bertz CT molecular complexity index is 1490. The molecule has 2 unspecified atom stereocenters. The fourth-order valence-electron chi connectivity index (χ4n) is 5.55. The molecule has 2 heterocycles. The fourth-order valence-corrected chi connectivity index (χ4v) is 6.10. The summed E-state index contributed by atoms with van der Waals surface area (Å²) < 4.78 is 95.6. The quantitative estimate of drug-likeness (QED) is 0.221. The van der Waals surface area contributed by atoms with E-state index in [1.807, 2.05) is 0 Å². The van der Waals surface area contributed by atoms with Crippen LogP contribution in [-0.4, -0.2) is 36.3 Å². The van der Waals surface area contributed by atoms with Crippen molar-refractivity contribution < 1.29 is 35.5 Å². The molecule has 2 atom stereocenters. The second-order valence-electron chi connectivity index (χ2n) is 11.5. The summed E-state index contributed by atoms with van der Waals surface area (Å²) in [6.45, 7) is 7.08. The van der Waals surface area contributed by atoms with E-state index in [9.17, 15) is 35.5 Å². The summed E-state index contributed by atoms with van der Waals surface area (Å²) in [4.78, 5) is 21.8. The number of likely N-dealkylation sites (N-methyl/N-ethyl adjacent to an activating group) is 1. The number of benzene rings is 2. The highest BCUT2D eigenvalue weighted by Crippen LogP contribution is 2.42. The molecule has 1 amide bonds. The largest absolute Gasteiger partial charge is 0.416 e. The van der Waals surface area contributed by atoms with Crippen LogP contribution >= 0.6 is 12.6 Å². The summed E-state index contributed by atoms with van der Waals surface area (Å²) in [6.07, 6.45) is -7.76. The van der Waals surface area contributed by atoms with Crippen molar-refractivity contribution in [3.8, 4) is 11.1 Å². The summed E-state index contributed by atoms with van der Waals surface area (Å²) >= 11 is 4.50. The molecule has 232 valence electrons. The summed E-state index contributed by atoms with van der Waals surface area (Å²) in [6, 6.07) is 7.21. The van der Waals surface area contributed by atoms with Gasteiger partial charge in [0.1, 0.15) is 11.6 Å². The van der Waals surface area contributed by atoms with Crippen molar-refractivity contribution >= 4 is 30.0 Å². The molecular weight excluding hydrogens is 595 g/mol. The van der Waals surface area contributed by atoms with E-state index in [4.69, 9.17) is 0 Å². The van der Waals surface area contributed by atoms with Crippen LogP contribution in [0.5, 0.6) is 0 Å². The molecule has 0 N–H and O–H groups in total. The molecule has 4 nitrogen and oxygen atoms in total. The van der Waals surface area contributed by atoms with Crippen LogP contribution in [-0.2, 0) is 22.6 Å². The third kappa shape index (κ3) is 6.49.